The molecule has 0 radical (unpaired) electrons. The van der Waals surface area contributed by atoms with Gasteiger partial charge < -0.3 is 10.5 Å². The van der Waals surface area contributed by atoms with Crippen LogP contribution < -0.4 is 10.5 Å². The molecular weight excluding hydrogens is 300 g/mol. The molecule has 0 unspecified atom stereocenters. The van der Waals surface area contributed by atoms with Gasteiger partial charge in [0.15, 0.2) is 0 Å². The molecule has 0 heterocycles. The molecule has 106 valence electrons. The number of hydrogen-bond acceptors (Lipinski definition) is 2. The van der Waals surface area contributed by atoms with Gasteiger partial charge in [0.2, 0.25) is 0 Å². The van der Waals surface area contributed by atoms with E-state index in [-0.39, 0.29) is 6.61 Å². The number of ether oxygens (including phenoxy) is 1. The fourth-order valence-corrected chi connectivity index (χ4v) is 2.26. The lowest BCUT2D eigenvalue weighted by molar-refractivity contribution is 0.297. The molecule has 0 amide bonds. The number of halogens is 3. The Bertz CT molecular complexity index is 604. The highest BCUT2D eigenvalue weighted by Crippen LogP contribution is 2.30. The summed E-state index contributed by atoms with van der Waals surface area (Å²) in [5.41, 5.74) is 6.89. The Balaban J connectivity index is 2.18. The van der Waals surface area contributed by atoms with Crippen LogP contribution in [0.2, 0.25) is 10.0 Å². The van der Waals surface area contributed by atoms with Crippen LogP contribution in [0, 0.1) is 5.82 Å². The van der Waals surface area contributed by atoms with Crippen LogP contribution in [0.1, 0.15) is 11.1 Å². The minimum Gasteiger partial charge on any atom is -0.487 e. The molecule has 0 saturated carbocycles. The summed E-state index contributed by atoms with van der Waals surface area (Å²) >= 11 is 11.8. The van der Waals surface area contributed by atoms with Crippen LogP contribution in [0.3, 0.4) is 0 Å². The van der Waals surface area contributed by atoms with E-state index in [2.05, 4.69) is 0 Å². The molecule has 0 bridgehead atoms. The average Bonchev–Trinajstić information content (AvgIpc) is 2.40. The quantitative estimate of drug-likeness (QED) is 0.897. The van der Waals surface area contributed by atoms with Crippen LogP contribution in [0.15, 0.2) is 36.4 Å². The lowest BCUT2D eigenvalue weighted by Crippen LogP contribution is -2.06. The van der Waals surface area contributed by atoms with Gasteiger partial charge in [0.05, 0.1) is 5.02 Å². The maximum atomic E-state index is 13.7. The van der Waals surface area contributed by atoms with Gasteiger partial charge in [-0.25, -0.2) is 4.39 Å². The van der Waals surface area contributed by atoms with Crippen molar-refractivity contribution >= 4 is 23.2 Å². The summed E-state index contributed by atoms with van der Waals surface area (Å²) in [6.45, 7) is 0.580. The molecule has 0 spiro atoms. The maximum absolute atomic E-state index is 13.7. The van der Waals surface area contributed by atoms with E-state index in [0.717, 1.165) is 5.56 Å². The Labute approximate surface area is 127 Å². The predicted molar refractivity (Wildman–Crippen MR) is 80.0 cm³/mol. The number of rotatable bonds is 5. The van der Waals surface area contributed by atoms with Crippen LogP contribution in [0.5, 0.6) is 5.75 Å². The van der Waals surface area contributed by atoms with Gasteiger partial charge in [-0.15, -0.1) is 0 Å². The molecule has 0 aromatic heterocycles. The summed E-state index contributed by atoms with van der Waals surface area (Å²) in [7, 11) is 0. The standard InChI is InChI=1S/C15H14Cl2FNO/c16-12-5-4-11(14(18)8-12)9-20-15-10(6-7-19)2-1-3-13(15)17/h1-5,8H,6-7,9,19H2. The predicted octanol–water partition coefficient (Wildman–Crippen LogP) is 4.21. The fourth-order valence-electron chi connectivity index (χ4n) is 1.86. The summed E-state index contributed by atoms with van der Waals surface area (Å²) in [5, 5.41) is 0.845. The van der Waals surface area contributed by atoms with Crippen LogP contribution in [-0.2, 0) is 13.0 Å². The summed E-state index contributed by atoms with van der Waals surface area (Å²) in [5.74, 6) is 0.152. The molecule has 0 fully saturated rings. The number of benzene rings is 2. The molecule has 2 aromatic carbocycles. The van der Waals surface area contributed by atoms with Crippen LogP contribution >= 0.6 is 23.2 Å². The van der Waals surface area contributed by atoms with Crippen molar-refractivity contribution in [2.45, 2.75) is 13.0 Å². The van der Waals surface area contributed by atoms with E-state index in [1.54, 1.807) is 18.2 Å². The molecule has 20 heavy (non-hydrogen) atoms. The van der Waals surface area contributed by atoms with E-state index >= 15 is 0 Å². The van der Waals surface area contributed by atoms with Gasteiger partial charge in [-0.3, -0.25) is 0 Å². The second kappa shape index (κ2) is 6.93. The minimum absolute atomic E-state index is 0.0876. The molecular formula is C15H14Cl2FNO. The molecule has 0 atom stereocenters. The van der Waals surface area contributed by atoms with E-state index in [0.29, 0.717) is 34.3 Å². The minimum atomic E-state index is -0.398. The molecule has 0 aliphatic heterocycles. The first kappa shape index (κ1) is 15.1. The van der Waals surface area contributed by atoms with E-state index in [4.69, 9.17) is 33.7 Å². The van der Waals surface area contributed by atoms with E-state index in [1.807, 2.05) is 12.1 Å². The summed E-state index contributed by atoms with van der Waals surface area (Å²) < 4.78 is 19.3. The van der Waals surface area contributed by atoms with Crippen molar-refractivity contribution in [1.82, 2.24) is 0 Å². The second-order valence-electron chi connectivity index (χ2n) is 4.29. The first-order chi connectivity index (χ1) is 9.61. The highest BCUT2D eigenvalue weighted by atomic mass is 35.5. The molecule has 2 aromatic rings. The van der Waals surface area contributed by atoms with Crippen molar-refractivity contribution in [3.8, 4) is 5.75 Å². The zero-order chi connectivity index (χ0) is 14.5. The number of para-hydroxylation sites is 1. The smallest absolute Gasteiger partial charge is 0.141 e. The van der Waals surface area contributed by atoms with Gasteiger partial charge in [0.1, 0.15) is 18.2 Å². The Morgan fingerprint density at radius 2 is 1.90 bits per heavy atom. The Morgan fingerprint density at radius 3 is 2.60 bits per heavy atom. The third kappa shape index (κ3) is 3.63. The number of nitrogens with two attached hydrogens (primary N) is 1. The van der Waals surface area contributed by atoms with Gasteiger partial charge in [-0.1, -0.05) is 41.4 Å². The third-order valence-corrected chi connectivity index (χ3v) is 3.38. The molecule has 0 aliphatic rings. The van der Waals surface area contributed by atoms with Crippen molar-refractivity contribution in [3.63, 3.8) is 0 Å². The van der Waals surface area contributed by atoms with E-state index in [9.17, 15) is 4.39 Å². The molecule has 0 saturated heterocycles. The molecule has 2 N–H and O–H groups in total. The fraction of sp³-hybridized carbons (Fsp3) is 0.200. The lowest BCUT2D eigenvalue weighted by Gasteiger charge is -2.13. The van der Waals surface area contributed by atoms with Gasteiger partial charge in [-0.2, -0.15) is 0 Å². The van der Waals surface area contributed by atoms with Crippen LogP contribution in [0.4, 0.5) is 4.39 Å². The first-order valence-electron chi connectivity index (χ1n) is 6.16. The number of hydrogen-bond donors (Lipinski definition) is 1. The van der Waals surface area contributed by atoms with Crippen molar-refractivity contribution in [2.75, 3.05) is 6.54 Å². The Kier molecular flexibility index (Phi) is 5.24. The third-order valence-electron chi connectivity index (χ3n) is 2.85. The molecule has 0 aliphatic carbocycles. The molecule has 2 nitrogen and oxygen atoms in total. The normalized spacial score (nSPS) is 10.6. The van der Waals surface area contributed by atoms with Gasteiger partial charge in [-0.05, 0) is 36.7 Å². The highest BCUT2D eigenvalue weighted by Gasteiger charge is 2.10. The summed E-state index contributed by atoms with van der Waals surface area (Å²) in [4.78, 5) is 0. The van der Waals surface area contributed by atoms with Crippen molar-refractivity contribution in [2.24, 2.45) is 5.73 Å². The van der Waals surface area contributed by atoms with E-state index in [1.165, 1.54) is 6.07 Å². The highest BCUT2D eigenvalue weighted by molar-refractivity contribution is 6.32. The van der Waals surface area contributed by atoms with Crippen LogP contribution in [-0.4, -0.2) is 6.54 Å². The van der Waals surface area contributed by atoms with Crippen LogP contribution in [0.25, 0.3) is 0 Å². The van der Waals surface area contributed by atoms with Gasteiger partial charge in [0, 0.05) is 10.6 Å². The van der Waals surface area contributed by atoms with Gasteiger partial charge in [0.25, 0.3) is 0 Å². The van der Waals surface area contributed by atoms with Gasteiger partial charge >= 0.3 is 0 Å². The lowest BCUT2D eigenvalue weighted by atomic mass is 10.1. The SMILES string of the molecule is NCCc1cccc(Cl)c1OCc1ccc(Cl)cc1F. The topological polar surface area (TPSA) is 35.2 Å². The summed E-state index contributed by atoms with van der Waals surface area (Å²) in [6, 6.07) is 9.94. The first-order valence-corrected chi connectivity index (χ1v) is 6.91. The van der Waals surface area contributed by atoms with Crippen molar-refractivity contribution in [1.29, 1.82) is 0 Å². The monoisotopic (exact) mass is 313 g/mol. The maximum Gasteiger partial charge on any atom is 0.141 e. The molecule has 2 rings (SSSR count). The largest absolute Gasteiger partial charge is 0.487 e. The Morgan fingerprint density at radius 1 is 1.10 bits per heavy atom. The molecule has 5 heteroatoms. The second-order valence-corrected chi connectivity index (χ2v) is 5.13. The van der Waals surface area contributed by atoms with Crippen molar-refractivity contribution in [3.05, 3.63) is 63.4 Å². The Hall–Kier alpha value is -1.29. The zero-order valence-electron chi connectivity index (χ0n) is 10.7. The van der Waals surface area contributed by atoms with E-state index < -0.39 is 5.82 Å². The van der Waals surface area contributed by atoms with Crippen molar-refractivity contribution < 1.29 is 9.13 Å². The average molecular weight is 314 g/mol. The summed E-state index contributed by atoms with van der Waals surface area (Å²) in [6.07, 6.45) is 0.652. The zero-order valence-corrected chi connectivity index (χ0v) is 12.2.